The highest BCUT2D eigenvalue weighted by molar-refractivity contribution is 6.01. The summed E-state index contributed by atoms with van der Waals surface area (Å²) in [5.74, 6) is -0.107. The topological polar surface area (TPSA) is 63.2 Å². The fraction of sp³-hybridized carbons (Fsp3) is 0.280. The lowest BCUT2D eigenvalue weighted by atomic mass is 9.97. The molecule has 0 aliphatic rings. The van der Waals surface area contributed by atoms with E-state index in [0.717, 1.165) is 22.5 Å². The molecule has 0 saturated heterocycles. The van der Waals surface area contributed by atoms with E-state index < -0.39 is 0 Å². The first-order chi connectivity index (χ1) is 14.3. The van der Waals surface area contributed by atoms with Crippen molar-refractivity contribution in [3.8, 4) is 11.1 Å². The normalized spacial score (nSPS) is 10.8. The summed E-state index contributed by atoms with van der Waals surface area (Å²) in [7, 11) is 1.75. The van der Waals surface area contributed by atoms with Gasteiger partial charge in [0.15, 0.2) is 5.78 Å². The second-order valence-electron chi connectivity index (χ2n) is 7.81. The molecule has 154 valence electrons. The predicted molar refractivity (Wildman–Crippen MR) is 120 cm³/mol. The second-order valence-corrected chi connectivity index (χ2v) is 7.81. The van der Waals surface area contributed by atoms with Crippen LogP contribution in [0.2, 0.25) is 0 Å². The molecule has 0 atom stereocenters. The monoisotopic (exact) mass is 401 g/mol. The summed E-state index contributed by atoms with van der Waals surface area (Å²) >= 11 is 0. The Kier molecular flexibility index (Phi) is 6.72. The molecule has 5 heteroatoms. The molecule has 3 rings (SSSR count). The first kappa shape index (κ1) is 21.4. The van der Waals surface area contributed by atoms with E-state index in [4.69, 9.17) is 0 Å². The number of benzene rings is 2. The van der Waals surface area contributed by atoms with Crippen molar-refractivity contribution in [2.75, 3.05) is 11.9 Å². The molecule has 3 aromatic rings. The lowest BCUT2D eigenvalue weighted by Crippen LogP contribution is -2.30. The summed E-state index contributed by atoms with van der Waals surface area (Å²) in [5, 5.41) is 0. The van der Waals surface area contributed by atoms with Crippen LogP contribution in [0.15, 0.2) is 61.1 Å². The van der Waals surface area contributed by atoms with Crippen LogP contribution in [0.4, 0.5) is 5.69 Å². The molecule has 0 aliphatic heterocycles. The van der Waals surface area contributed by atoms with Gasteiger partial charge in [-0.15, -0.1) is 0 Å². The molecule has 5 nitrogen and oxygen atoms in total. The first-order valence-electron chi connectivity index (χ1n) is 10.1. The maximum absolute atomic E-state index is 13.0. The van der Waals surface area contributed by atoms with Crippen LogP contribution in [0.1, 0.15) is 41.9 Å². The zero-order chi connectivity index (χ0) is 21.7. The Balaban J connectivity index is 1.95. The highest BCUT2D eigenvalue weighted by Gasteiger charge is 2.18. The number of Topliss-reactive ketones (excluding diaryl/α,β-unsaturated/α-hetero) is 1. The van der Waals surface area contributed by atoms with Crippen LogP contribution in [0.5, 0.6) is 0 Å². The Morgan fingerprint density at radius 3 is 2.37 bits per heavy atom. The van der Waals surface area contributed by atoms with Crippen LogP contribution in [0.25, 0.3) is 11.1 Å². The van der Waals surface area contributed by atoms with Gasteiger partial charge >= 0.3 is 0 Å². The van der Waals surface area contributed by atoms with Gasteiger partial charge in [0.1, 0.15) is 0 Å². The minimum absolute atomic E-state index is 0.00835. The number of carbonyl (C=O) groups is 2. The second kappa shape index (κ2) is 9.44. The van der Waals surface area contributed by atoms with Gasteiger partial charge in [-0.3, -0.25) is 19.6 Å². The van der Waals surface area contributed by atoms with Crippen molar-refractivity contribution in [3.05, 3.63) is 77.9 Å². The number of rotatable bonds is 7. The van der Waals surface area contributed by atoms with E-state index in [9.17, 15) is 9.59 Å². The third-order valence-electron chi connectivity index (χ3n) is 5.06. The number of carbonyl (C=O) groups excluding carboxylic acids is 2. The Morgan fingerprint density at radius 2 is 1.73 bits per heavy atom. The average molecular weight is 402 g/mol. The Bertz CT molecular complexity index is 1030. The molecule has 0 unspecified atom stereocenters. The van der Waals surface area contributed by atoms with Gasteiger partial charge in [-0.25, -0.2) is 0 Å². The lowest BCUT2D eigenvalue weighted by Gasteiger charge is -2.21. The highest BCUT2D eigenvalue weighted by atomic mass is 16.2. The molecular formula is C25H27N3O2. The number of hydrogen-bond acceptors (Lipinski definition) is 4. The molecule has 1 aromatic heterocycles. The van der Waals surface area contributed by atoms with Crippen LogP contribution in [-0.2, 0) is 11.2 Å². The van der Waals surface area contributed by atoms with Crippen molar-refractivity contribution in [3.63, 3.8) is 0 Å². The van der Waals surface area contributed by atoms with E-state index in [0.29, 0.717) is 18.4 Å². The van der Waals surface area contributed by atoms with Gasteiger partial charge < -0.3 is 4.90 Å². The lowest BCUT2D eigenvalue weighted by molar-refractivity contribution is -0.121. The highest BCUT2D eigenvalue weighted by Crippen LogP contribution is 2.28. The standard InChI is InChI=1S/C25H27N3O2/c1-17(2)25(30)28(4)23-14-20(19-7-5-18(3)6-8-19)13-21(15-23)24(29)10-9-22-16-26-11-12-27-22/h5-8,11-17H,9-10H2,1-4H3. The van der Waals surface area contributed by atoms with Crippen molar-refractivity contribution < 1.29 is 9.59 Å². The third kappa shape index (κ3) is 5.17. The van der Waals surface area contributed by atoms with Crippen molar-refractivity contribution in [1.82, 2.24) is 9.97 Å². The van der Waals surface area contributed by atoms with Gasteiger partial charge in [-0.1, -0.05) is 43.7 Å². The quantitative estimate of drug-likeness (QED) is 0.529. The minimum Gasteiger partial charge on any atom is -0.315 e. The molecule has 1 amide bonds. The number of aryl methyl sites for hydroxylation is 2. The largest absolute Gasteiger partial charge is 0.315 e. The Labute approximate surface area is 177 Å². The van der Waals surface area contributed by atoms with Crippen LogP contribution >= 0.6 is 0 Å². The van der Waals surface area contributed by atoms with Crippen molar-refractivity contribution in [2.45, 2.75) is 33.6 Å². The van der Waals surface area contributed by atoms with Gasteiger partial charge in [0.05, 0.1) is 5.69 Å². The van der Waals surface area contributed by atoms with Crippen molar-refractivity contribution in [2.24, 2.45) is 5.92 Å². The average Bonchev–Trinajstić information content (AvgIpc) is 2.77. The van der Waals surface area contributed by atoms with Crippen molar-refractivity contribution in [1.29, 1.82) is 0 Å². The summed E-state index contributed by atoms with van der Waals surface area (Å²) < 4.78 is 0. The maximum Gasteiger partial charge on any atom is 0.229 e. The van der Waals surface area contributed by atoms with E-state index in [1.807, 2.05) is 57.2 Å². The smallest absolute Gasteiger partial charge is 0.229 e. The van der Waals surface area contributed by atoms with Gasteiger partial charge in [0.2, 0.25) is 5.91 Å². The zero-order valence-corrected chi connectivity index (χ0v) is 17.9. The molecule has 0 fully saturated rings. The molecule has 30 heavy (non-hydrogen) atoms. The van der Waals surface area contributed by atoms with Gasteiger partial charge in [-0.2, -0.15) is 0 Å². The van der Waals surface area contributed by atoms with E-state index in [1.165, 1.54) is 5.56 Å². The molecule has 0 radical (unpaired) electrons. The predicted octanol–water partition coefficient (Wildman–Crippen LogP) is 4.89. The van der Waals surface area contributed by atoms with Gasteiger partial charge in [-0.05, 0) is 42.7 Å². The third-order valence-corrected chi connectivity index (χ3v) is 5.06. The van der Waals surface area contributed by atoms with Crippen LogP contribution in [0, 0.1) is 12.8 Å². The maximum atomic E-state index is 13.0. The number of aromatic nitrogens is 2. The summed E-state index contributed by atoms with van der Waals surface area (Å²) in [5.41, 5.74) is 5.19. The van der Waals surface area contributed by atoms with E-state index in [-0.39, 0.29) is 17.6 Å². The van der Waals surface area contributed by atoms with E-state index in [1.54, 1.807) is 36.6 Å². The van der Waals surface area contributed by atoms with Crippen LogP contribution in [-0.4, -0.2) is 28.7 Å². The molecule has 0 spiro atoms. The molecule has 1 heterocycles. The number of hydrogen-bond donors (Lipinski definition) is 0. The van der Waals surface area contributed by atoms with E-state index in [2.05, 4.69) is 9.97 Å². The Morgan fingerprint density at radius 1 is 1.00 bits per heavy atom. The fourth-order valence-corrected chi connectivity index (χ4v) is 3.24. The molecule has 0 aliphatic carbocycles. The number of anilines is 1. The summed E-state index contributed by atoms with van der Waals surface area (Å²) in [6.45, 7) is 5.78. The summed E-state index contributed by atoms with van der Waals surface area (Å²) in [4.78, 5) is 35.5. The number of ketones is 1. The minimum atomic E-state index is -0.131. The van der Waals surface area contributed by atoms with Crippen LogP contribution < -0.4 is 4.90 Å². The Hall–Kier alpha value is -3.34. The molecule has 0 saturated carbocycles. The van der Waals surface area contributed by atoms with Crippen molar-refractivity contribution >= 4 is 17.4 Å². The summed E-state index contributed by atoms with van der Waals surface area (Å²) in [6.07, 6.45) is 5.78. The molecular weight excluding hydrogens is 374 g/mol. The zero-order valence-electron chi connectivity index (χ0n) is 17.9. The molecule has 0 bridgehead atoms. The van der Waals surface area contributed by atoms with Gasteiger partial charge in [0, 0.05) is 49.2 Å². The fourth-order valence-electron chi connectivity index (χ4n) is 3.24. The number of nitrogens with zero attached hydrogens (tertiary/aromatic N) is 3. The molecule has 0 N–H and O–H groups in total. The molecule has 2 aromatic carbocycles. The number of amides is 1. The first-order valence-corrected chi connectivity index (χ1v) is 10.1. The van der Waals surface area contributed by atoms with Crippen LogP contribution in [0.3, 0.4) is 0 Å². The van der Waals surface area contributed by atoms with E-state index >= 15 is 0 Å². The summed E-state index contributed by atoms with van der Waals surface area (Å²) in [6, 6.07) is 13.8. The van der Waals surface area contributed by atoms with Gasteiger partial charge in [0.25, 0.3) is 0 Å². The SMILES string of the molecule is Cc1ccc(-c2cc(C(=O)CCc3cnccn3)cc(N(C)C(=O)C(C)C)c2)cc1.